The average Bonchev–Trinajstić information content (AvgIpc) is 2.61. The third kappa shape index (κ3) is 4.25. The molecule has 0 fully saturated rings. The molecule has 0 N–H and O–H groups in total. The van der Waals surface area contributed by atoms with Crippen LogP contribution in [0.5, 0.6) is 11.5 Å². The van der Waals surface area contributed by atoms with Crippen molar-refractivity contribution >= 4 is 11.6 Å². The van der Waals surface area contributed by atoms with Crippen LogP contribution in [0.3, 0.4) is 0 Å². The number of rotatable bonds is 7. The van der Waals surface area contributed by atoms with Crippen LogP contribution in [0.1, 0.15) is 18.9 Å². The standard InChI is InChI=1S/C19H23NO3/c1-4-20(16-8-6-5-7-9-16)19(21)13-11-15-10-12-17(22-2)18(14-15)23-3/h5-10,12,14H,4,11,13H2,1-3H3. The van der Waals surface area contributed by atoms with Crippen LogP contribution in [0.15, 0.2) is 48.5 Å². The fraction of sp³-hybridized carbons (Fsp3) is 0.316. The summed E-state index contributed by atoms with van der Waals surface area (Å²) in [6.07, 6.45) is 1.13. The predicted octanol–water partition coefficient (Wildman–Crippen LogP) is 3.69. The van der Waals surface area contributed by atoms with Gasteiger partial charge in [-0.15, -0.1) is 0 Å². The minimum Gasteiger partial charge on any atom is -0.493 e. The molecule has 2 aromatic rings. The van der Waals surface area contributed by atoms with Crippen molar-refractivity contribution in [2.45, 2.75) is 19.8 Å². The number of aryl methyl sites for hydroxylation is 1. The van der Waals surface area contributed by atoms with Gasteiger partial charge in [-0.1, -0.05) is 24.3 Å². The molecule has 0 aliphatic carbocycles. The van der Waals surface area contributed by atoms with E-state index in [1.54, 1.807) is 19.1 Å². The second kappa shape index (κ2) is 8.22. The molecule has 0 saturated heterocycles. The normalized spacial score (nSPS) is 10.2. The van der Waals surface area contributed by atoms with Gasteiger partial charge in [-0.05, 0) is 43.2 Å². The van der Waals surface area contributed by atoms with Gasteiger partial charge in [-0.3, -0.25) is 4.79 Å². The fourth-order valence-electron chi connectivity index (χ4n) is 2.53. The van der Waals surface area contributed by atoms with Crippen LogP contribution in [0.2, 0.25) is 0 Å². The van der Waals surface area contributed by atoms with E-state index in [1.807, 2.05) is 55.5 Å². The van der Waals surface area contributed by atoms with E-state index in [0.29, 0.717) is 30.9 Å². The molecule has 2 rings (SSSR count). The first kappa shape index (κ1) is 16.9. The molecule has 0 aliphatic heterocycles. The second-order valence-corrected chi connectivity index (χ2v) is 5.16. The van der Waals surface area contributed by atoms with Gasteiger partial charge in [0, 0.05) is 18.7 Å². The van der Waals surface area contributed by atoms with Crippen molar-refractivity contribution in [3.05, 3.63) is 54.1 Å². The largest absolute Gasteiger partial charge is 0.493 e. The summed E-state index contributed by atoms with van der Waals surface area (Å²) in [6, 6.07) is 15.5. The average molecular weight is 313 g/mol. The first-order valence-corrected chi connectivity index (χ1v) is 7.76. The van der Waals surface area contributed by atoms with Crippen LogP contribution < -0.4 is 14.4 Å². The number of ether oxygens (including phenoxy) is 2. The van der Waals surface area contributed by atoms with Gasteiger partial charge in [0.25, 0.3) is 0 Å². The number of hydrogen-bond acceptors (Lipinski definition) is 3. The van der Waals surface area contributed by atoms with Crippen LogP contribution >= 0.6 is 0 Å². The molecule has 4 heteroatoms. The van der Waals surface area contributed by atoms with Crippen LogP contribution in [-0.4, -0.2) is 26.7 Å². The molecule has 0 spiro atoms. The zero-order valence-corrected chi connectivity index (χ0v) is 13.9. The molecule has 0 heterocycles. The van der Waals surface area contributed by atoms with Gasteiger partial charge in [0.2, 0.25) is 5.91 Å². The van der Waals surface area contributed by atoms with Gasteiger partial charge >= 0.3 is 0 Å². The molecule has 1 amide bonds. The smallest absolute Gasteiger partial charge is 0.227 e. The van der Waals surface area contributed by atoms with Gasteiger partial charge in [0.1, 0.15) is 0 Å². The quantitative estimate of drug-likeness (QED) is 0.782. The van der Waals surface area contributed by atoms with Crippen LogP contribution in [0, 0.1) is 0 Å². The first-order valence-electron chi connectivity index (χ1n) is 7.76. The van der Waals surface area contributed by atoms with E-state index in [1.165, 1.54) is 0 Å². The highest BCUT2D eigenvalue weighted by atomic mass is 16.5. The Hall–Kier alpha value is -2.49. The maximum atomic E-state index is 12.5. The van der Waals surface area contributed by atoms with Crippen LogP contribution in [0.25, 0.3) is 0 Å². The maximum Gasteiger partial charge on any atom is 0.227 e. The Kier molecular flexibility index (Phi) is 6.03. The van der Waals surface area contributed by atoms with Crippen LogP contribution in [-0.2, 0) is 11.2 Å². The number of amides is 1. The molecule has 0 aliphatic rings. The van der Waals surface area contributed by atoms with Gasteiger partial charge in [-0.2, -0.15) is 0 Å². The number of nitrogens with zero attached hydrogens (tertiary/aromatic N) is 1. The summed E-state index contributed by atoms with van der Waals surface area (Å²) >= 11 is 0. The summed E-state index contributed by atoms with van der Waals surface area (Å²) in [5.74, 6) is 1.50. The molecule has 0 saturated carbocycles. The zero-order chi connectivity index (χ0) is 16.7. The molecular weight excluding hydrogens is 290 g/mol. The Morgan fingerprint density at radius 2 is 1.70 bits per heavy atom. The monoisotopic (exact) mass is 313 g/mol. The number of hydrogen-bond donors (Lipinski definition) is 0. The van der Waals surface area contributed by atoms with Gasteiger partial charge < -0.3 is 14.4 Å². The molecule has 2 aromatic carbocycles. The van der Waals surface area contributed by atoms with Gasteiger partial charge in [0.15, 0.2) is 11.5 Å². The first-order chi connectivity index (χ1) is 11.2. The zero-order valence-electron chi connectivity index (χ0n) is 13.9. The van der Waals surface area contributed by atoms with Crippen LogP contribution in [0.4, 0.5) is 5.69 Å². The molecule has 4 nitrogen and oxygen atoms in total. The minimum absolute atomic E-state index is 0.119. The lowest BCUT2D eigenvalue weighted by molar-refractivity contribution is -0.118. The highest BCUT2D eigenvalue weighted by molar-refractivity contribution is 5.93. The summed E-state index contributed by atoms with van der Waals surface area (Å²) in [6.45, 7) is 2.65. The molecule has 0 bridgehead atoms. The number of benzene rings is 2. The summed E-state index contributed by atoms with van der Waals surface area (Å²) in [7, 11) is 3.22. The van der Waals surface area contributed by atoms with Crippen molar-refractivity contribution in [3.63, 3.8) is 0 Å². The van der Waals surface area contributed by atoms with E-state index in [-0.39, 0.29) is 5.91 Å². The van der Waals surface area contributed by atoms with Crippen molar-refractivity contribution in [1.29, 1.82) is 0 Å². The van der Waals surface area contributed by atoms with E-state index >= 15 is 0 Å². The summed E-state index contributed by atoms with van der Waals surface area (Å²) in [5.41, 5.74) is 1.99. The molecule has 0 atom stereocenters. The third-order valence-electron chi connectivity index (χ3n) is 3.76. The third-order valence-corrected chi connectivity index (χ3v) is 3.76. The molecule has 0 aromatic heterocycles. The van der Waals surface area contributed by atoms with Crippen molar-refractivity contribution in [1.82, 2.24) is 0 Å². The van der Waals surface area contributed by atoms with E-state index in [9.17, 15) is 4.79 Å². The predicted molar refractivity (Wildman–Crippen MR) is 92.3 cm³/mol. The van der Waals surface area contributed by atoms with Crippen molar-refractivity contribution < 1.29 is 14.3 Å². The topological polar surface area (TPSA) is 38.8 Å². The van der Waals surface area contributed by atoms with Gasteiger partial charge in [0.05, 0.1) is 14.2 Å². The summed E-state index contributed by atoms with van der Waals surface area (Å²) in [5, 5.41) is 0. The summed E-state index contributed by atoms with van der Waals surface area (Å²) in [4.78, 5) is 14.3. The molecule has 0 radical (unpaired) electrons. The lowest BCUT2D eigenvalue weighted by Gasteiger charge is -2.21. The minimum atomic E-state index is 0.119. The number of carbonyl (C=O) groups excluding carboxylic acids is 1. The molecule has 122 valence electrons. The molecule has 0 unspecified atom stereocenters. The van der Waals surface area contributed by atoms with E-state index in [4.69, 9.17) is 9.47 Å². The summed E-state index contributed by atoms with van der Waals surface area (Å²) < 4.78 is 10.5. The molecular formula is C19H23NO3. The Bertz CT molecular complexity index is 640. The van der Waals surface area contributed by atoms with Gasteiger partial charge in [-0.25, -0.2) is 0 Å². The van der Waals surface area contributed by atoms with Crippen molar-refractivity contribution in [3.8, 4) is 11.5 Å². The fourth-order valence-corrected chi connectivity index (χ4v) is 2.53. The maximum absolute atomic E-state index is 12.5. The van der Waals surface area contributed by atoms with Crippen molar-refractivity contribution in [2.75, 3.05) is 25.7 Å². The number of para-hydroxylation sites is 1. The highest BCUT2D eigenvalue weighted by Gasteiger charge is 2.14. The second-order valence-electron chi connectivity index (χ2n) is 5.16. The Balaban J connectivity index is 2.03. The SMILES string of the molecule is CCN(C(=O)CCc1ccc(OC)c(OC)c1)c1ccccc1. The Morgan fingerprint density at radius 3 is 2.30 bits per heavy atom. The van der Waals surface area contributed by atoms with Crippen molar-refractivity contribution in [2.24, 2.45) is 0 Å². The van der Waals surface area contributed by atoms with E-state index < -0.39 is 0 Å². The number of methoxy groups -OCH3 is 2. The number of carbonyl (C=O) groups is 1. The Morgan fingerprint density at radius 1 is 1.00 bits per heavy atom. The van der Waals surface area contributed by atoms with E-state index in [0.717, 1.165) is 11.3 Å². The Labute approximate surface area is 137 Å². The van der Waals surface area contributed by atoms with E-state index in [2.05, 4.69) is 0 Å². The highest BCUT2D eigenvalue weighted by Crippen LogP contribution is 2.28. The lowest BCUT2D eigenvalue weighted by Crippen LogP contribution is -2.30. The number of anilines is 1. The lowest BCUT2D eigenvalue weighted by atomic mass is 10.1. The molecule has 23 heavy (non-hydrogen) atoms.